The van der Waals surface area contributed by atoms with E-state index < -0.39 is 8.65 Å². The van der Waals surface area contributed by atoms with Crippen LogP contribution in [0.5, 0.6) is 0 Å². The first-order valence-electron chi connectivity index (χ1n) is 24.0. The Balaban J connectivity index is 0.975. The number of alkyl halides is 2. The van der Waals surface area contributed by atoms with Crippen molar-refractivity contribution in [2.75, 3.05) is 0 Å². The predicted octanol–water partition coefficient (Wildman–Crippen LogP) is 16.7. The monoisotopic (exact) mass is 1050 g/mol. The van der Waals surface area contributed by atoms with Crippen molar-refractivity contribution in [2.45, 2.75) is 60.0 Å². The Kier molecular flexibility index (Phi) is 12.6. The lowest BCUT2D eigenvalue weighted by atomic mass is 9.83. The zero-order valence-corrected chi connectivity index (χ0v) is 41.6. The fourth-order valence-corrected chi connectivity index (χ4v) is 12.5. The second kappa shape index (κ2) is 19.1. The zero-order chi connectivity index (χ0) is 48.0. The Morgan fingerprint density at radius 2 is 0.429 bits per heavy atom. The van der Waals surface area contributed by atoms with Gasteiger partial charge in [0.05, 0.1) is 0 Å². The second-order valence-corrected chi connectivity index (χ2v) is 21.3. The van der Waals surface area contributed by atoms with E-state index in [1.807, 2.05) is 48.5 Å². The van der Waals surface area contributed by atoms with Gasteiger partial charge in [0.25, 0.3) is 0 Å². The van der Waals surface area contributed by atoms with Gasteiger partial charge in [0.2, 0.25) is 0 Å². The third kappa shape index (κ3) is 8.90. The Hall–Kier alpha value is -6.34. The molecule has 0 bridgehead atoms. The summed E-state index contributed by atoms with van der Waals surface area (Å²) in [7, 11) is 0. The minimum absolute atomic E-state index is 0.232. The van der Waals surface area contributed by atoms with Crippen LogP contribution in [0, 0.1) is 23.3 Å². The summed E-state index contributed by atoms with van der Waals surface area (Å²) in [6.45, 7) is 0. The van der Waals surface area contributed by atoms with E-state index in [0.29, 0.717) is 0 Å². The molecule has 0 aliphatic heterocycles. The molecule has 0 aromatic heterocycles. The maximum Gasteiger partial charge on any atom is 0.123 e. The molecule has 346 valence electrons. The van der Waals surface area contributed by atoms with Crippen molar-refractivity contribution < 1.29 is 17.6 Å². The Bertz CT molecular complexity index is 2930. The first kappa shape index (κ1) is 46.1. The fraction of sp³-hybridized carbons (Fsp3) is 0.156. The SMILES string of the molecule is Fc1ccc(CCc2ccc3c(c2)C(Br)(c2ccc(C4(Br)c5cc(CCc6ccc(F)cc6)ccc5-c5ccc(CCc6ccc(F)cc6)cc54)cc2)c2cc(CCc4ccc(F)cc4)ccc2-3)cc1. The highest BCUT2D eigenvalue weighted by Crippen LogP contribution is 2.59. The highest BCUT2D eigenvalue weighted by molar-refractivity contribution is 9.10. The average molecular weight is 1050 g/mol. The molecule has 0 N–H and O–H groups in total. The predicted molar refractivity (Wildman–Crippen MR) is 283 cm³/mol. The van der Waals surface area contributed by atoms with Crippen LogP contribution >= 0.6 is 31.9 Å². The van der Waals surface area contributed by atoms with Crippen LogP contribution in [-0.4, -0.2) is 0 Å². The van der Waals surface area contributed by atoms with Crippen LogP contribution in [-0.2, 0) is 60.0 Å². The smallest absolute Gasteiger partial charge is 0.123 e. The lowest BCUT2D eigenvalue weighted by molar-refractivity contribution is 0.626. The Morgan fingerprint density at radius 1 is 0.243 bits per heavy atom. The number of hydrogen-bond donors (Lipinski definition) is 0. The normalized spacial score (nSPS) is 13.7. The van der Waals surface area contributed by atoms with Crippen molar-refractivity contribution in [3.8, 4) is 22.3 Å². The van der Waals surface area contributed by atoms with Crippen molar-refractivity contribution >= 4 is 31.9 Å². The zero-order valence-electron chi connectivity index (χ0n) is 38.4. The maximum absolute atomic E-state index is 13.8. The molecule has 11 rings (SSSR count). The van der Waals surface area contributed by atoms with E-state index in [1.54, 1.807) is 0 Å². The van der Waals surface area contributed by atoms with Crippen molar-refractivity contribution in [1.82, 2.24) is 0 Å². The average Bonchev–Trinajstić information content (AvgIpc) is 3.79. The molecule has 0 heterocycles. The third-order valence-electron chi connectivity index (χ3n) is 14.5. The van der Waals surface area contributed by atoms with Crippen LogP contribution in [0.2, 0.25) is 0 Å². The van der Waals surface area contributed by atoms with Gasteiger partial charge in [-0.2, -0.15) is 0 Å². The van der Waals surface area contributed by atoms with Crippen LogP contribution in [0.1, 0.15) is 77.9 Å². The summed E-state index contributed by atoms with van der Waals surface area (Å²) in [5.74, 6) is -0.926. The molecule has 2 aliphatic rings. The lowest BCUT2D eigenvalue weighted by Gasteiger charge is -2.30. The van der Waals surface area contributed by atoms with Gasteiger partial charge >= 0.3 is 0 Å². The molecule has 0 saturated heterocycles. The van der Waals surface area contributed by atoms with Gasteiger partial charge in [-0.1, -0.05) is 177 Å². The molecule has 70 heavy (non-hydrogen) atoms. The van der Waals surface area contributed by atoms with E-state index in [4.69, 9.17) is 0 Å². The summed E-state index contributed by atoms with van der Waals surface area (Å²) >= 11 is 8.93. The molecule has 0 fully saturated rings. The summed E-state index contributed by atoms with van der Waals surface area (Å²) in [5, 5.41) is 0. The van der Waals surface area contributed by atoms with E-state index in [2.05, 4.69) is 129 Å². The number of halogens is 6. The van der Waals surface area contributed by atoms with Crippen LogP contribution < -0.4 is 0 Å². The van der Waals surface area contributed by atoms with Crippen molar-refractivity contribution in [3.63, 3.8) is 0 Å². The van der Waals surface area contributed by atoms with Crippen molar-refractivity contribution in [3.05, 3.63) is 295 Å². The highest BCUT2D eigenvalue weighted by Gasteiger charge is 2.46. The summed E-state index contributed by atoms with van der Waals surface area (Å²) in [5.41, 5.74) is 20.9. The molecular formula is C64H48Br2F4. The molecule has 0 amide bonds. The van der Waals surface area contributed by atoms with Crippen LogP contribution in [0.25, 0.3) is 22.3 Å². The molecule has 0 nitrogen and oxygen atoms in total. The summed E-state index contributed by atoms with van der Waals surface area (Å²) in [6, 6.07) is 63.5. The van der Waals surface area contributed by atoms with Crippen LogP contribution in [0.15, 0.2) is 194 Å². The standard InChI is InChI=1S/C64H48Br2F4/c65-63(59-37-45(5-1-41-9-25-51(67)26-10-41)17-33-55(59)56-34-18-46(38-60(56)63)6-2-42-11-27-52(68)28-12-42)49-21-23-50(24-22-49)64(66)61-39-47(7-3-43-13-29-53(69)30-14-43)19-35-57(61)58-36-20-48(40-62(58)64)8-4-44-15-31-54(70)32-16-44/h9-40H,1-8H2. The fourth-order valence-electron chi connectivity index (χ4n) is 10.7. The number of aryl methyl sites for hydroxylation is 8. The maximum atomic E-state index is 13.8. The first-order chi connectivity index (χ1) is 34.0. The van der Waals surface area contributed by atoms with Gasteiger partial charge in [0.1, 0.15) is 31.9 Å². The minimum atomic E-state index is -0.667. The lowest BCUT2D eigenvalue weighted by Crippen LogP contribution is -2.22. The molecule has 0 saturated carbocycles. The molecule has 6 heteroatoms. The third-order valence-corrected chi connectivity index (χ3v) is 17.2. The van der Waals surface area contributed by atoms with Gasteiger partial charge in [-0.05, 0) is 200 Å². The molecule has 0 unspecified atom stereocenters. The summed E-state index contributed by atoms with van der Waals surface area (Å²) < 4.78 is 53.8. The van der Waals surface area contributed by atoms with E-state index in [-0.39, 0.29) is 23.3 Å². The highest BCUT2D eigenvalue weighted by atomic mass is 79.9. The quantitative estimate of drug-likeness (QED) is 0.0752. The second-order valence-electron chi connectivity index (χ2n) is 18.9. The van der Waals surface area contributed by atoms with E-state index >= 15 is 0 Å². The largest absolute Gasteiger partial charge is 0.207 e. The number of benzene rings is 9. The summed E-state index contributed by atoms with van der Waals surface area (Å²) in [4.78, 5) is 0. The Morgan fingerprint density at radius 3 is 0.643 bits per heavy atom. The molecule has 9 aromatic carbocycles. The van der Waals surface area contributed by atoms with Crippen LogP contribution in [0.3, 0.4) is 0 Å². The molecule has 9 aromatic rings. The van der Waals surface area contributed by atoms with E-state index in [1.165, 1.54) is 115 Å². The van der Waals surface area contributed by atoms with Gasteiger partial charge in [-0.25, -0.2) is 17.6 Å². The van der Waals surface area contributed by atoms with E-state index in [9.17, 15) is 17.6 Å². The van der Waals surface area contributed by atoms with Gasteiger partial charge < -0.3 is 0 Å². The number of fused-ring (bicyclic) bond motifs is 6. The van der Waals surface area contributed by atoms with Gasteiger partial charge in [-0.3, -0.25) is 0 Å². The Labute approximate surface area is 424 Å². The first-order valence-corrected chi connectivity index (χ1v) is 25.6. The van der Waals surface area contributed by atoms with Gasteiger partial charge in [-0.15, -0.1) is 0 Å². The summed E-state index contributed by atoms with van der Waals surface area (Å²) in [6.07, 6.45) is 6.41. The molecular weight excluding hydrogens is 1000 g/mol. The number of rotatable bonds is 14. The van der Waals surface area contributed by atoms with Crippen LogP contribution in [0.4, 0.5) is 17.6 Å². The van der Waals surface area contributed by atoms with Gasteiger partial charge in [0, 0.05) is 0 Å². The number of hydrogen-bond acceptors (Lipinski definition) is 0. The topological polar surface area (TPSA) is 0 Å². The molecule has 0 spiro atoms. The molecule has 0 atom stereocenters. The molecule has 0 radical (unpaired) electrons. The van der Waals surface area contributed by atoms with Crippen molar-refractivity contribution in [2.24, 2.45) is 0 Å². The molecule has 2 aliphatic carbocycles. The van der Waals surface area contributed by atoms with Gasteiger partial charge in [0.15, 0.2) is 0 Å². The van der Waals surface area contributed by atoms with E-state index in [0.717, 1.165) is 84.7 Å². The van der Waals surface area contributed by atoms with Crippen molar-refractivity contribution in [1.29, 1.82) is 0 Å². The minimum Gasteiger partial charge on any atom is -0.207 e.